The largest absolute Gasteiger partial charge is 0.372 e. The van der Waals surface area contributed by atoms with E-state index in [9.17, 15) is 19.1 Å². The number of para-hydroxylation sites is 1. The summed E-state index contributed by atoms with van der Waals surface area (Å²) in [4.78, 5) is 26.2. The quantitative estimate of drug-likeness (QED) is 0.812. The molecule has 6 heteroatoms. The number of carbonyl (C=O) groups excluding carboxylic acids is 2. The topological polar surface area (TPSA) is 69.6 Å². The Balaban J connectivity index is 1.62. The predicted octanol–water partition coefficient (Wildman–Crippen LogP) is 1.65. The van der Waals surface area contributed by atoms with E-state index in [2.05, 4.69) is 5.32 Å². The number of halogens is 1. The average Bonchev–Trinajstić information content (AvgIpc) is 2.94. The number of hydrogen-bond acceptors (Lipinski definition) is 3. The van der Waals surface area contributed by atoms with E-state index in [4.69, 9.17) is 0 Å². The zero-order chi connectivity index (χ0) is 17.9. The van der Waals surface area contributed by atoms with Gasteiger partial charge in [0.2, 0.25) is 5.60 Å². The van der Waals surface area contributed by atoms with Crippen LogP contribution >= 0.6 is 0 Å². The molecule has 0 radical (unpaired) electrons. The number of amides is 2. The number of carbonyl (C=O) groups is 2. The molecule has 0 aliphatic carbocycles. The molecule has 1 heterocycles. The Morgan fingerprint density at radius 1 is 1.16 bits per heavy atom. The van der Waals surface area contributed by atoms with E-state index in [0.29, 0.717) is 11.3 Å². The monoisotopic (exact) mass is 342 g/mol. The van der Waals surface area contributed by atoms with Crippen molar-refractivity contribution in [3.8, 4) is 0 Å². The van der Waals surface area contributed by atoms with Gasteiger partial charge in [-0.1, -0.05) is 36.4 Å². The van der Waals surface area contributed by atoms with Crippen LogP contribution in [0.15, 0.2) is 54.6 Å². The van der Waals surface area contributed by atoms with Crippen molar-refractivity contribution in [2.24, 2.45) is 0 Å². The van der Waals surface area contributed by atoms with Crippen molar-refractivity contribution in [2.45, 2.75) is 18.4 Å². The molecule has 1 saturated heterocycles. The molecule has 0 bridgehead atoms. The molecule has 1 aliphatic rings. The molecule has 130 valence electrons. The second-order valence-electron chi connectivity index (χ2n) is 6.00. The average molecular weight is 342 g/mol. The summed E-state index contributed by atoms with van der Waals surface area (Å²) in [5.41, 5.74) is -0.966. The molecule has 1 atom stereocenters. The summed E-state index contributed by atoms with van der Waals surface area (Å²) < 4.78 is 13.6. The van der Waals surface area contributed by atoms with Crippen molar-refractivity contribution in [3.63, 3.8) is 0 Å². The molecule has 1 aliphatic heterocycles. The van der Waals surface area contributed by atoms with Gasteiger partial charge in [0.1, 0.15) is 5.82 Å². The van der Waals surface area contributed by atoms with Crippen molar-refractivity contribution in [1.82, 2.24) is 5.32 Å². The highest BCUT2D eigenvalue weighted by atomic mass is 19.1. The number of aliphatic hydroxyl groups is 1. The van der Waals surface area contributed by atoms with Gasteiger partial charge in [0.25, 0.3) is 11.8 Å². The fraction of sp³-hybridized carbons (Fsp3) is 0.263. The molecular formula is C19H19FN2O3. The number of benzene rings is 2. The molecule has 2 N–H and O–H groups in total. The van der Waals surface area contributed by atoms with E-state index in [-0.39, 0.29) is 31.7 Å². The molecule has 1 fully saturated rings. The van der Waals surface area contributed by atoms with E-state index in [0.717, 1.165) is 0 Å². The fourth-order valence-corrected chi connectivity index (χ4v) is 2.93. The number of anilines is 1. The normalized spacial score (nSPS) is 19.9. The summed E-state index contributed by atoms with van der Waals surface area (Å²) in [6.07, 6.45) is 0.303. The van der Waals surface area contributed by atoms with Gasteiger partial charge >= 0.3 is 0 Å². The van der Waals surface area contributed by atoms with Crippen LogP contribution in [-0.4, -0.2) is 35.6 Å². The van der Waals surface area contributed by atoms with Crippen molar-refractivity contribution in [2.75, 3.05) is 18.0 Å². The van der Waals surface area contributed by atoms with Crippen LogP contribution in [0, 0.1) is 5.82 Å². The first-order valence-corrected chi connectivity index (χ1v) is 8.13. The molecule has 25 heavy (non-hydrogen) atoms. The van der Waals surface area contributed by atoms with Crippen molar-refractivity contribution < 1.29 is 19.1 Å². The number of nitrogens with zero attached hydrogens (tertiary/aromatic N) is 1. The zero-order valence-electron chi connectivity index (χ0n) is 13.6. The van der Waals surface area contributed by atoms with Crippen molar-refractivity contribution in [1.29, 1.82) is 0 Å². The standard InChI is InChI=1S/C19H19FN2O3/c20-16-9-5-4-6-14(16)10-12-21-17(23)19(25)11-13-22(18(19)24)15-7-2-1-3-8-15/h1-9,25H,10-13H2,(H,21,23). The van der Waals surface area contributed by atoms with Gasteiger partial charge in [0.15, 0.2) is 0 Å². The van der Waals surface area contributed by atoms with Crippen LogP contribution in [0.2, 0.25) is 0 Å². The van der Waals surface area contributed by atoms with Crippen LogP contribution in [-0.2, 0) is 16.0 Å². The number of nitrogens with one attached hydrogen (secondary N) is 1. The molecule has 3 rings (SSSR count). The van der Waals surface area contributed by atoms with Crippen molar-refractivity contribution >= 4 is 17.5 Å². The van der Waals surface area contributed by atoms with Gasteiger partial charge < -0.3 is 15.3 Å². The van der Waals surface area contributed by atoms with Crippen LogP contribution in [0.5, 0.6) is 0 Å². The van der Waals surface area contributed by atoms with E-state index >= 15 is 0 Å². The Bertz CT molecular complexity index is 781. The lowest BCUT2D eigenvalue weighted by Gasteiger charge is -2.21. The van der Waals surface area contributed by atoms with Gasteiger partial charge in [-0.3, -0.25) is 9.59 Å². The van der Waals surface area contributed by atoms with Gasteiger partial charge in [-0.25, -0.2) is 4.39 Å². The summed E-state index contributed by atoms with van der Waals surface area (Å²) in [7, 11) is 0. The predicted molar refractivity (Wildman–Crippen MR) is 91.5 cm³/mol. The SMILES string of the molecule is O=C(NCCc1ccccc1F)C1(O)CCN(c2ccccc2)C1=O. The van der Waals surface area contributed by atoms with Crippen molar-refractivity contribution in [3.05, 3.63) is 66.0 Å². The maximum atomic E-state index is 13.6. The molecule has 0 spiro atoms. The molecule has 1 unspecified atom stereocenters. The molecule has 2 aromatic rings. The Kier molecular flexibility index (Phi) is 4.81. The minimum atomic E-state index is -2.08. The first-order chi connectivity index (χ1) is 12.0. The molecule has 2 aromatic carbocycles. The minimum Gasteiger partial charge on any atom is -0.372 e. The summed E-state index contributed by atoms with van der Waals surface area (Å²) in [5, 5.41) is 13.1. The third-order valence-electron chi connectivity index (χ3n) is 4.38. The molecule has 0 aromatic heterocycles. The van der Waals surface area contributed by atoms with Gasteiger partial charge in [0.05, 0.1) is 0 Å². The van der Waals surface area contributed by atoms with Gasteiger partial charge in [-0.05, 0) is 30.2 Å². The van der Waals surface area contributed by atoms with Crippen LogP contribution in [0.25, 0.3) is 0 Å². The van der Waals surface area contributed by atoms with Gasteiger partial charge in [0, 0.05) is 25.2 Å². The second-order valence-corrected chi connectivity index (χ2v) is 6.00. The molecule has 5 nitrogen and oxygen atoms in total. The molecule has 0 saturated carbocycles. The third kappa shape index (κ3) is 3.39. The highest BCUT2D eigenvalue weighted by Gasteiger charge is 2.51. The van der Waals surface area contributed by atoms with Crippen LogP contribution in [0.1, 0.15) is 12.0 Å². The van der Waals surface area contributed by atoms with Crippen LogP contribution in [0.4, 0.5) is 10.1 Å². The summed E-state index contributed by atoms with van der Waals surface area (Å²) in [5.74, 6) is -1.72. The van der Waals surface area contributed by atoms with E-state index < -0.39 is 17.4 Å². The van der Waals surface area contributed by atoms with Crippen LogP contribution in [0.3, 0.4) is 0 Å². The first kappa shape index (κ1) is 17.1. The van der Waals surface area contributed by atoms with E-state index in [1.165, 1.54) is 11.0 Å². The third-order valence-corrected chi connectivity index (χ3v) is 4.38. The zero-order valence-corrected chi connectivity index (χ0v) is 13.6. The highest BCUT2D eigenvalue weighted by molar-refractivity contribution is 6.16. The maximum absolute atomic E-state index is 13.6. The Hall–Kier alpha value is -2.73. The lowest BCUT2D eigenvalue weighted by atomic mass is 10.0. The maximum Gasteiger partial charge on any atom is 0.268 e. The number of rotatable bonds is 5. The van der Waals surface area contributed by atoms with Gasteiger partial charge in [-0.2, -0.15) is 0 Å². The first-order valence-electron chi connectivity index (χ1n) is 8.13. The van der Waals surface area contributed by atoms with Crippen LogP contribution < -0.4 is 10.2 Å². The second kappa shape index (κ2) is 7.03. The lowest BCUT2D eigenvalue weighted by Crippen LogP contribution is -2.52. The summed E-state index contributed by atoms with van der Waals surface area (Å²) in [6, 6.07) is 15.2. The van der Waals surface area contributed by atoms with Gasteiger partial charge in [-0.15, -0.1) is 0 Å². The molecule has 2 amide bonds. The smallest absolute Gasteiger partial charge is 0.268 e. The molecular weight excluding hydrogens is 323 g/mol. The Morgan fingerprint density at radius 3 is 2.56 bits per heavy atom. The minimum absolute atomic E-state index is 0.0201. The van der Waals surface area contributed by atoms with E-state index in [1.54, 1.807) is 42.5 Å². The summed E-state index contributed by atoms with van der Waals surface area (Å²) >= 11 is 0. The fourth-order valence-electron chi connectivity index (χ4n) is 2.93. The summed E-state index contributed by atoms with van der Waals surface area (Å²) in [6.45, 7) is 0.404. The van der Waals surface area contributed by atoms with E-state index in [1.807, 2.05) is 6.07 Å². The Labute approximate surface area is 145 Å². The lowest BCUT2D eigenvalue weighted by molar-refractivity contribution is -0.149. The Morgan fingerprint density at radius 2 is 1.84 bits per heavy atom. The highest BCUT2D eigenvalue weighted by Crippen LogP contribution is 2.28. The number of hydrogen-bond donors (Lipinski definition) is 2.